The average Bonchev–Trinajstić information content (AvgIpc) is 3.15. The van der Waals surface area contributed by atoms with Gasteiger partial charge in [0.05, 0.1) is 35.6 Å². The van der Waals surface area contributed by atoms with Crippen LogP contribution in [-0.4, -0.2) is 40.2 Å². The Bertz CT molecular complexity index is 905. The smallest absolute Gasteiger partial charge is 0.306 e. The van der Waals surface area contributed by atoms with Gasteiger partial charge in [0.25, 0.3) is 0 Å². The molecule has 2 fully saturated rings. The Morgan fingerprint density at radius 3 is 2.77 bits per heavy atom. The predicted molar refractivity (Wildman–Crippen MR) is 112 cm³/mol. The summed E-state index contributed by atoms with van der Waals surface area (Å²) < 4.78 is 23.3. The highest BCUT2D eigenvalue weighted by Crippen LogP contribution is 2.32. The third-order valence-corrected chi connectivity index (χ3v) is 6.08. The number of aromatic nitrogens is 2. The van der Waals surface area contributed by atoms with E-state index in [0.717, 1.165) is 55.7 Å². The molecule has 31 heavy (non-hydrogen) atoms. The normalized spacial score (nSPS) is 24.1. The monoisotopic (exact) mass is 430 g/mol. The molecule has 2 aromatic heterocycles. The Labute approximate surface area is 181 Å². The number of carbonyl (C=O) groups is 1. The van der Waals surface area contributed by atoms with E-state index in [2.05, 4.69) is 10.1 Å². The van der Waals surface area contributed by atoms with Gasteiger partial charge in [-0.1, -0.05) is 5.16 Å². The number of carboxylic acid groups (broad SMARTS) is 1. The van der Waals surface area contributed by atoms with Gasteiger partial charge in [-0.25, -0.2) is 4.98 Å². The number of carboxylic acids is 1. The predicted octanol–water partition coefficient (Wildman–Crippen LogP) is 4.42. The van der Waals surface area contributed by atoms with Gasteiger partial charge in [-0.05, 0) is 70.9 Å². The molecule has 3 atom stereocenters. The van der Waals surface area contributed by atoms with E-state index in [0.29, 0.717) is 36.7 Å². The second kappa shape index (κ2) is 9.78. The summed E-state index contributed by atoms with van der Waals surface area (Å²) in [5, 5.41) is 13.4. The topological polar surface area (TPSA) is 104 Å². The fraction of sp³-hybridized carbons (Fsp3) is 0.609. The van der Waals surface area contributed by atoms with Gasteiger partial charge >= 0.3 is 5.97 Å². The minimum Gasteiger partial charge on any atom is -0.489 e. The van der Waals surface area contributed by atoms with E-state index in [9.17, 15) is 9.90 Å². The summed E-state index contributed by atoms with van der Waals surface area (Å²) in [6, 6.07) is 3.72. The molecule has 1 N–H and O–H groups in total. The lowest BCUT2D eigenvalue weighted by molar-refractivity contribution is -0.168. The molecule has 1 aliphatic heterocycles. The van der Waals surface area contributed by atoms with Crippen LogP contribution in [0.5, 0.6) is 5.75 Å². The molecule has 2 aliphatic rings. The summed E-state index contributed by atoms with van der Waals surface area (Å²) in [7, 11) is 0. The maximum absolute atomic E-state index is 11.3. The minimum absolute atomic E-state index is 0.104. The van der Waals surface area contributed by atoms with Crippen LogP contribution >= 0.6 is 0 Å². The summed E-state index contributed by atoms with van der Waals surface area (Å²) in [4.78, 5) is 16.0. The fourth-order valence-electron chi connectivity index (χ4n) is 4.23. The molecule has 8 nitrogen and oxygen atoms in total. The van der Waals surface area contributed by atoms with Crippen LogP contribution in [0.15, 0.2) is 16.7 Å². The van der Waals surface area contributed by atoms with E-state index < -0.39 is 5.97 Å². The lowest BCUT2D eigenvalue weighted by Crippen LogP contribution is -2.29. The van der Waals surface area contributed by atoms with Crippen molar-refractivity contribution in [1.82, 2.24) is 10.1 Å². The van der Waals surface area contributed by atoms with E-state index in [4.69, 9.17) is 18.7 Å². The van der Waals surface area contributed by atoms with Crippen LogP contribution in [0.3, 0.4) is 0 Å². The van der Waals surface area contributed by atoms with Gasteiger partial charge in [0.1, 0.15) is 11.4 Å². The Kier molecular flexibility index (Phi) is 6.87. The number of pyridine rings is 1. The van der Waals surface area contributed by atoms with Crippen molar-refractivity contribution in [3.63, 3.8) is 0 Å². The van der Waals surface area contributed by atoms with Crippen LogP contribution in [0, 0.1) is 19.8 Å². The Morgan fingerprint density at radius 2 is 2.03 bits per heavy atom. The Morgan fingerprint density at radius 1 is 1.16 bits per heavy atom. The van der Waals surface area contributed by atoms with Crippen LogP contribution < -0.4 is 4.74 Å². The van der Waals surface area contributed by atoms with Gasteiger partial charge in [0.15, 0.2) is 12.1 Å². The number of nitrogens with zero attached hydrogens (tertiary/aromatic N) is 2. The van der Waals surface area contributed by atoms with E-state index in [-0.39, 0.29) is 18.3 Å². The van der Waals surface area contributed by atoms with E-state index in [1.807, 2.05) is 26.0 Å². The first kappa shape index (κ1) is 21.8. The van der Waals surface area contributed by atoms with Crippen molar-refractivity contribution in [3.05, 3.63) is 29.1 Å². The van der Waals surface area contributed by atoms with E-state index >= 15 is 0 Å². The number of hydrogen-bond acceptors (Lipinski definition) is 7. The lowest BCUT2D eigenvalue weighted by atomic mass is 9.87. The average molecular weight is 431 g/mol. The highest BCUT2D eigenvalue weighted by Gasteiger charge is 2.28. The molecule has 0 spiro atoms. The zero-order chi connectivity index (χ0) is 21.8. The van der Waals surface area contributed by atoms with Crippen molar-refractivity contribution in [1.29, 1.82) is 0 Å². The molecule has 2 unspecified atom stereocenters. The summed E-state index contributed by atoms with van der Waals surface area (Å²) in [6.07, 6.45) is 5.75. The maximum Gasteiger partial charge on any atom is 0.306 e. The molecule has 0 bridgehead atoms. The van der Waals surface area contributed by atoms with Gasteiger partial charge in [-0.2, -0.15) is 0 Å². The van der Waals surface area contributed by atoms with Crippen LogP contribution in [0.25, 0.3) is 11.5 Å². The third kappa shape index (κ3) is 5.25. The summed E-state index contributed by atoms with van der Waals surface area (Å²) >= 11 is 0. The van der Waals surface area contributed by atoms with E-state index in [1.54, 1.807) is 0 Å². The highest BCUT2D eigenvalue weighted by atomic mass is 16.7. The second-order valence-electron chi connectivity index (χ2n) is 8.40. The Hall–Kier alpha value is -2.45. The van der Waals surface area contributed by atoms with Gasteiger partial charge in [0, 0.05) is 6.61 Å². The van der Waals surface area contributed by atoms with Crippen LogP contribution in [-0.2, 0) is 20.9 Å². The van der Waals surface area contributed by atoms with Crippen molar-refractivity contribution in [3.8, 4) is 17.2 Å². The van der Waals surface area contributed by atoms with Gasteiger partial charge in [0.2, 0.25) is 0 Å². The Balaban J connectivity index is 1.45. The molecule has 0 amide bonds. The number of aryl methyl sites for hydroxylation is 2. The van der Waals surface area contributed by atoms with Crippen LogP contribution in [0.4, 0.5) is 0 Å². The summed E-state index contributed by atoms with van der Waals surface area (Å²) in [5.74, 6) is 0.183. The minimum atomic E-state index is -0.743. The van der Waals surface area contributed by atoms with Crippen molar-refractivity contribution in [2.24, 2.45) is 5.92 Å². The van der Waals surface area contributed by atoms with Crippen LogP contribution in [0.2, 0.25) is 0 Å². The van der Waals surface area contributed by atoms with Crippen LogP contribution in [0.1, 0.15) is 61.9 Å². The molecule has 0 radical (unpaired) electrons. The quantitative estimate of drug-likeness (QED) is 0.688. The highest BCUT2D eigenvalue weighted by molar-refractivity contribution is 5.70. The third-order valence-electron chi connectivity index (χ3n) is 6.08. The first-order valence-electron chi connectivity index (χ1n) is 11.1. The number of rotatable bonds is 7. The molecule has 2 aromatic rings. The fourth-order valence-corrected chi connectivity index (χ4v) is 4.23. The summed E-state index contributed by atoms with van der Waals surface area (Å²) in [6.45, 7) is 4.86. The van der Waals surface area contributed by atoms with Gasteiger partial charge in [-0.15, -0.1) is 0 Å². The first-order valence-corrected chi connectivity index (χ1v) is 11.1. The molecule has 1 aliphatic carbocycles. The van der Waals surface area contributed by atoms with E-state index in [1.165, 1.54) is 0 Å². The molecule has 0 aromatic carbocycles. The molecule has 8 heteroatoms. The molecule has 168 valence electrons. The molecular weight excluding hydrogens is 400 g/mol. The molecule has 1 saturated carbocycles. The molecule has 3 heterocycles. The van der Waals surface area contributed by atoms with Crippen molar-refractivity contribution in [2.75, 3.05) is 6.61 Å². The van der Waals surface area contributed by atoms with Crippen molar-refractivity contribution < 1.29 is 28.6 Å². The SMILES string of the molecule is Cc1nc(-c2onc(C)c2COC2CCCCO2)ccc1O[C@H]1CCCC(C(=O)O)C1. The first-order chi connectivity index (χ1) is 15.0. The zero-order valence-electron chi connectivity index (χ0n) is 18.1. The standard InChI is InChI=1S/C23H30N2O6/c1-14-18(13-29-21-8-3-4-11-28-21)22(31-25-14)19-9-10-20(15(2)24-19)30-17-7-5-6-16(12-17)23(26)27/h9-10,16-17,21H,3-8,11-13H2,1-2H3,(H,26,27)/t16?,17-,21?/m0/s1. The zero-order valence-corrected chi connectivity index (χ0v) is 18.1. The van der Waals surface area contributed by atoms with Gasteiger partial charge in [-0.3, -0.25) is 4.79 Å². The number of ether oxygens (including phenoxy) is 3. The molecule has 1 saturated heterocycles. The molecular formula is C23H30N2O6. The van der Waals surface area contributed by atoms with Crippen molar-refractivity contribution in [2.45, 2.75) is 77.8 Å². The number of aliphatic carboxylic acids is 1. The lowest BCUT2D eigenvalue weighted by Gasteiger charge is -2.27. The largest absolute Gasteiger partial charge is 0.489 e. The second-order valence-corrected chi connectivity index (χ2v) is 8.40. The maximum atomic E-state index is 11.3. The summed E-state index contributed by atoms with van der Waals surface area (Å²) in [5.41, 5.74) is 3.03. The van der Waals surface area contributed by atoms with Crippen molar-refractivity contribution >= 4 is 5.97 Å². The number of hydrogen-bond donors (Lipinski definition) is 1. The molecule has 4 rings (SSSR count). The van der Waals surface area contributed by atoms with Gasteiger partial charge < -0.3 is 23.8 Å².